The number of carbonyl (C=O) groups excluding carboxylic acids is 1. The monoisotopic (exact) mass is 319 g/mol. The zero-order valence-electron chi connectivity index (χ0n) is 13.7. The molecule has 2 heterocycles. The Morgan fingerprint density at radius 1 is 1.12 bits per heavy atom. The van der Waals surface area contributed by atoms with Crippen LogP contribution in [0.2, 0.25) is 0 Å². The molecule has 0 atom stereocenters. The Kier molecular flexibility index (Phi) is 4.90. The van der Waals surface area contributed by atoms with E-state index < -0.39 is 5.41 Å². The average molecular weight is 319 g/mol. The van der Waals surface area contributed by atoms with Crippen molar-refractivity contribution < 1.29 is 4.79 Å². The summed E-state index contributed by atoms with van der Waals surface area (Å²) in [4.78, 5) is 18.3. The topological polar surface area (TPSA) is 57.0 Å². The number of nitriles is 1. The quantitative estimate of drug-likeness (QED) is 0.870. The van der Waals surface area contributed by atoms with Crippen LogP contribution in [0.25, 0.3) is 0 Å². The van der Waals surface area contributed by atoms with Crippen molar-refractivity contribution in [3.63, 3.8) is 0 Å². The number of likely N-dealkylation sites (tertiary alicyclic amines) is 1. The third-order valence-corrected chi connectivity index (χ3v) is 4.89. The van der Waals surface area contributed by atoms with Gasteiger partial charge in [0, 0.05) is 31.9 Å². The first kappa shape index (κ1) is 16.2. The molecule has 0 aliphatic carbocycles. The molecule has 0 N–H and O–H groups in total. The number of amides is 1. The SMILES string of the molecule is N#CC1(c2ccccc2)CCN(C(=O)CCc2ccncc2)CC1. The van der Waals surface area contributed by atoms with E-state index in [2.05, 4.69) is 11.1 Å². The zero-order valence-corrected chi connectivity index (χ0v) is 13.7. The van der Waals surface area contributed by atoms with E-state index >= 15 is 0 Å². The second-order valence-electron chi connectivity index (χ2n) is 6.30. The van der Waals surface area contributed by atoms with Gasteiger partial charge in [-0.2, -0.15) is 5.26 Å². The van der Waals surface area contributed by atoms with Crippen LogP contribution in [-0.2, 0) is 16.6 Å². The highest BCUT2D eigenvalue weighted by Gasteiger charge is 2.37. The maximum absolute atomic E-state index is 12.4. The first-order chi connectivity index (χ1) is 11.7. The summed E-state index contributed by atoms with van der Waals surface area (Å²) >= 11 is 0. The van der Waals surface area contributed by atoms with Gasteiger partial charge in [0.15, 0.2) is 0 Å². The molecule has 4 heteroatoms. The molecule has 1 aliphatic rings. The number of benzene rings is 1. The van der Waals surface area contributed by atoms with Crippen LogP contribution in [0.4, 0.5) is 0 Å². The summed E-state index contributed by atoms with van der Waals surface area (Å²) in [5.74, 6) is 0.173. The number of aryl methyl sites for hydroxylation is 1. The third-order valence-electron chi connectivity index (χ3n) is 4.89. The minimum atomic E-state index is -0.455. The second-order valence-corrected chi connectivity index (χ2v) is 6.30. The van der Waals surface area contributed by atoms with Crippen molar-refractivity contribution in [3.05, 3.63) is 66.0 Å². The van der Waals surface area contributed by atoms with Crippen molar-refractivity contribution in [3.8, 4) is 6.07 Å². The minimum absolute atomic E-state index is 0.173. The van der Waals surface area contributed by atoms with Crippen LogP contribution in [0.15, 0.2) is 54.9 Å². The molecular formula is C20H21N3O. The summed E-state index contributed by atoms with van der Waals surface area (Å²) in [6.07, 6.45) is 6.15. The number of rotatable bonds is 4. The van der Waals surface area contributed by atoms with Crippen molar-refractivity contribution in [2.45, 2.75) is 31.1 Å². The smallest absolute Gasteiger partial charge is 0.222 e. The maximum Gasteiger partial charge on any atom is 0.222 e. The van der Waals surface area contributed by atoms with Gasteiger partial charge in [-0.15, -0.1) is 0 Å². The van der Waals surface area contributed by atoms with Crippen LogP contribution in [0, 0.1) is 11.3 Å². The molecule has 0 radical (unpaired) electrons. The van der Waals surface area contributed by atoms with Crippen LogP contribution in [0.3, 0.4) is 0 Å². The summed E-state index contributed by atoms with van der Waals surface area (Å²) in [5, 5.41) is 9.71. The van der Waals surface area contributed by atoms with E-state index in [1.807, 2.05) is 47.4 Å². The minimum Gasteiger partial charge on any atom is -0.343 e. The number of hydrogen-bond donors (Lipinski definition) is 0. The predicted molar refractivity (Wildman–Crippen MR) is 92.1 cm³/mol. The standard InChI is InChI=1S/C20H21N3O/c21-16-20(18-4-2-1-3-5-18)10-14-23(15-11-20)19(24)7-6-17-8-12-22-13-9-17/h1-5,8-9,12-13H,6-7,10-11,14-15H2. The first-order valence-corrected chi connectivity index (χ1v) is 8.37. The Bertz CT molecular complexity index is 714. The van der Waals surface area contributed by atoms with Gasteiger partial charge in [0.2, 0.25) is 5.91 Å². The summed E-state index contributed by atoms with van der Waals surface area (Å²) in [6.45, 7) is 1.30. The molecule has 4 nitrogen and oxygen atoms in total. The fourth-order valence-electron chi connectivity index (χ4n) is 3.32. The van der Waals surface area contributed by atoms with Crippen molar-refractivity contribution in [1.29, 1.82) is 5.26 Å². The fourth-order valence-corrected chi connectivity index (χ4v) is 3.32. The lowest BCUT2D eigenvalue weighted by molar-refractivity contribution is -0.132. The number of nitrogens with zero attached hydrogens (tertiary/aromatic N) is 3. The molecule has 1 aliphatic heterocycles. The summed E-state index contributed by atoms with van der Waals surface area (Å²) in [6, 6.07) is 16.3. The third kappa shape index (κ3) is 3.46. The molecule has 0 bridgehead atoms. The lowest BCUT2D eigenvalue weighted by Gasteiger charge is -2.37. The maximum atomic E-state index is 12.4. The fraction of sp³-hybridized carbons (Fsp3) is 0.350. The van der Waals surface area contributed by atoms with Gasteiger partial charge in [0.05, 0.1) is 11.5 Å². The van der Waals surface area contributed by atoms with Gasteiger partial charge in [0.25, 0.3) is 0 Å². The van der Waals surface area contributed by atoms with E-state index in [-0.39, 0.29) is 5.91 Å². The Morgan fingerprint density at radius 3 is 2.42 bits per heavy atom. The lowest BCUT2D eigenvalue weighted by atomic mass is 9.74. The predicted octanol–water partition coefficient (Wildman–Crippen LogP) is 3.10. The van der Waals surface area contributed by atoms with Crippen LogP contribution in [0.5, 0.6) is 0 Å². The van der Waals surface area contributed by atoms with Crippen molar-refractivity contribution >= 4 is 5.91 Å². The molecule has 1 aromatic heterocycles. The summed E-state index contributed by atoms with van der Waals surface area (Å²) < 4.78 is 0. The molecule has 1 saturated heterocycles. The molecule has 0 unspecified atom stereocenters. The van der Waals surface area contributed by atoms with Crippen molar-refractivity contribution in [2.24, 2.45) is 0 Å². The molecule has 24 heavy (non-hydrogen) atoms. The highest BCUT2D eigenvalue weighted by atomic mass is 16.2. The molecule has 122 valence electrons. The average Bonchev–Trinajstić information content (AvgIpc) is 2.67. The van der Waals surface area contributed by atoms with Gasteiger partial charge in [-0.1, -0.05) is 30.3 Å². The van der Waals surface area contributed by atoms with E-state index in [1.165, 1.54) is 0 Å². The van der Waals surface area contributed by atoms with Crippen LogP contribution >= 0.6 is 0 Å². The van der Waals surface area contributed by atoms with Gasteiger partial charge < -0.3 is 4.90 Å². The summed E-state index contributed by atoms with van der Waals surface area (Å²) in [7, 11) is 0. The molecule has 0 spiro atoms. The zero-order chi connectivity index (χ0) is 16.8. The van der Waals surface area contributed by atoms with Gasteiger partial charge in [0.1, 0.15) is 0 Å². The van der Waals surface area contributed by atoms with Gasteiger partial charge in [-0.25, -0.2) is 0 Å². The van der Waals surface area contributed by atoms with E-state index in [0.717, 1.165) is 17.5 Å². The Labute approximate surface area is 142 Å². The molecule has 2 aromatic rings. The van der Waals surface area contributed by atoms with Gasteiger partial charge >= 0.3 is 0 Å². The number of carbonyl (C=O) groups is 1. The number of aromatic nitrogens is 1. The molecule has 1 amide bonds. The largest absolute Gasteiger partial charge is 0.343 e. The van der Waals surface area contributed by atoms with Crippen LogP contribution in [0.1, 0.15) is 30.4 Å². The molecule has 0 saturated carbocycles. The van der Waals surface area contributed by atoms with Gasteiger partial charge in [-0.3, -0.25) is 9.78 Å². The number of hydrogen-bond acceptors (Lipinski definition) is 3. The van der Waals surface area contributed by atoms with E-state index in [9.17, 15) is 10.1 Å². The lowest BCUT2D eigenvalue weighted by Crippen LogP contribution is -2.44. The Balaban J connectivity index is 1.58. The Morgan fingerprint density at radius 2 is 1.79 bits per heavy atom. The van der Waals surface area contributed by atoms with Gasteiger partial charge in [-0.05, 0) is 42.5 Å². The van der Waals surface area contributed by atoms with E-state index in [4.69, 9.17) is 0 Å². The molecule has 1 aromatic carbocycles. The van der Waals surface area contributed by atoms with Crippen LogP contribution < -0.4 is 0 Å². The van der Waals surface area contributed by atoms with Crippen molar-refractivity contribution in [2.75, 3.05) is 13.1 Å². The highest BCUT2D eigenvalue weighted by molar-refractivity contribution is 5.76. The second kappa shape index (κ2) is 7.27. The highest BCUT2D eigenvalue weighted by Crippen LogP contribution is 2.35. The van der Waals surface area contributed by atoms with E-state index in [0.29, 0.717) is 32.4 Å². The normalized spacial score (nSPS) is 16.4. The van der Waals surface area contributed by atoms with Crippen LogP contribution in [-0.4, -0.2) is 28.9 Å². The molecule has 1 fully saturated rings. The molecular weight excluding hydrogens is 298 g/mol. The summed E-state index contributed by atoms with van der Waals surface area (Å²) in [5.41, 5.74) is 1.74. The van der Waals surface area contributed by atoms with Crippen molar-refractivity contribution in [1.82, 2.24) is 9.88 Å². The Hall–Kier alpha value is -2.67. The number of piperidine rings is 1. The number of pyridine rings is 1. The molecule has 3 rings (SSSR count). The van der Waals surface area contributed by atoms with E-state index in [1.54, 1.807) is 12.4 Å². The first-order valence-electron chi connectivity index (χ1n) is 8.37.